The van der Waals surface area contributed by atoms with E-state index in [2.05, 4.69) is 9.97 Å². The molecule has 0 aliphatic carbocycles. The summed E-state index contributed by atoms with van der Waals surface area (Å²) in [7, 11) is 0. The van der Waals surface area contributed by atoms with E-state index in [1.54, 1.807) is 17.0 Å². The molecule has 0 unspecified atom stereocenters. The first-order chi connectivity index (χ1) is 10.0. The minimum Gasteiger partial charge on any atom is -0.481 e. The molecule has 0 spiro atoms. The standard InChI is InChI=1S/C15H17N3O3/c1-9-16-12-3-2-11(8-13(12)17-9)14(19)18-6-4-10(5-7-18)15(20)21/h2-3,8,10H,4-7H2,1H3,(H,16,17)(H,20,21). The first kappa shape index (κ1) is 13.6. The van der Waals surface area contributed by atoms with Crippen LogP contribution in [0.2, 0.25) is 0 Å². The van der Waals surface area contributed by atoms with E-state index in [1.165, 1.54) is 0 Å². The molecule has 110 valence electrons. The number of imidazole rings is 1. The molecule has 0 bridgehead atoms. The summed E-state index contributed by atoms with van der Waals surface area (Å²) in [5, 5.41) is 8.99. The van der Waals surface area contributed by atoms with Crippen molar-refractivity contribution in [2.24, 2.45) is 5.92 Å². The van der Waals surface area contributed by atoms with Crippen molar-refractivity contribution >= 4 is 22.9 Å². The molecule has 2 N–H and O–H groups in total. The Bertz CT molecular complexity index is 699. The number of aromatic nitrogens is 2. The van der Waals surface area contributed by atoms with E-state index >= 15 is 0 Å². The summed E-state index contributed by atoms with van der Waals surface area (Å²) < 4.78 is 0. The second-order valence-electron chi connectivity index (χ2n) is 5.46. The van der Waals surface area contributed by atoms with Crippen LogP contribution in [-0.2, 0) is 4.79 Å². The number of rotatable bonds is 2. The quantitative estimate of drug-likeness (QED) is 0.882. The van der Waals surface area contributed by atoms with Gasteiger partial charge in [0.15, 0.2) is 0 Å². The number of carboxylic acids is 1. The number of likely N-dealkylation sites (tertiary alicyclic amines) is 1. The number of aryl methyl sites for hydroxylation is 1. The van der Waals surface area contributed by atoms with Gasteiger partial charge in [-0.2, -0.15) is 0 Å². The zero-order chi connectivity index (χ0) is 15.0. The Morgan fingerprint density at radius 1 is 1.33 bits per heavy atom. The fourth-order valence-corrected chi connectivity index (χ4v) is 2.78. The molecule has 1 aromatic heterocycles. The van der Waals surface area contributed by atoms with E-state index in [1.807, 2.05) is 13.0 Å². The van der Waals surface area contributed by atoms with Crippen LogP contribution in [0.25, 0.3) is 11.0 Å². The number of nitrogens with one attached hydrogen (secondary N) is 1. The van der Waals surface area contributed by atoms with Crippen molar-refractivity contribution in [3.63, 3.8) is 0 Å². The molecular formula is C15H17N3O3. The van der Waals surface area contributed by atoms with E-state index in [0.29, 0.717) is 31.5 Å². The number of nitrogens with zero attached hydrogens (tertiary/aromatic N) is 2. The number of H-pyrrole nitrogens is 1. The number of hydrogen-bond donors (Lipinski definition) is 2. The lowest BCUT2D eigenvalue weighted by atomic mass is 9.96. The average molecular weight is 287 g/mol. The number of carboxylic acid groups (broad SMARTS) is 1. The smallest absolute Gasteiger partial charge is 0.306 e. The number of amides is 1. The summed E-state index contributed by atoms with van der Waals surface area (Å²) in [6.45, 7) is 2.86. The van der Waals surface area contributed by atoms with Gasteiger partial charge in [0, 0.05) is 18.7 Å². The summed E-state index contributed by atoms with van der Waals surface area (Å²) >= 11 is 0. The van der Waals surface area contributed by atoms with Crippen molar-refractivity contribution in [1.29, 1.82) is 0 Å². The van der Waals surface area contributed by atoms with Gasteiger partial charge in [0.25, 0.3) is 5.91 Å². The highest BCUT2D eigenvalue weighted by molar-refractivity contribution is 5.97. The molecule has 1 aromatic carbocycles. The van der Waals surface area contributed by atoms with Crippen LogP contribution in [0.4, 0.5) is 0 Å². The Kier molecular flexibility index (Phi) is 3.37. The molecule has 0 atom stereocenters. The van der Waals surface area contributed by atoms with Gasteiger partial charge in [0.2, 0.25) is 0 Å². The van der Waals surface area contributed by atoms with Crippen LogP contribution in [0.1, 0.15) is 29.0 Å². The Morgan fingerprint density at radius 3 is 2.71 bits per heavy atom. The molecule has 0 saturated carbocycles. The van der Waals surface area contributed by atoms with E-state index in [-0.39, 0.29) is 11.8 Å². The number of hydrogen-bond acceptors (Lipinski definition) is 3. The van der Waals surface area contributed by atoms with E-state index < -0.39 is 5.97 Å². The van der Waals surface area contributed by atoms with Gasteiger partial charge in [-0.3, -0.25) is 9.59 Å². The first-order valence-corrected chi connectivity index (χ1v) is 7.03. The third-order valence-corrected chi connectivity index (χ3v) is 3.98. The highest BCUT2D eigenvalue weighted by atomic mass is 16.4. The molecule has 1 aliphatic rings. The van der Waals surface area contributed by atoms with Crippen LogP contribution >= 0.6 is 0 Å². The lowest BCUT2D eigenvalue weighted by molar-refractivity contribution is -0.143. The summed E-state index contributed by atoms with van der Waals surface area (Å²) in [4.78, 5) is 32.6. The normalized spacial score (nSPS) is 16.3. The monoisotopic (exact) mass is 287 g/mol. The largest absolute Gasteiger partial charge is 0.481 e. The highest BCUT2D eigenvalue weighted by Gasteiger charge is 2.27. The lowest BCUT2D eigenvalue weighted by Gasteiger charge is -2.30. The van der Waals surface area contributed by atoms with Crippen molar-refractivity contribution in [2.75, 3.05) is 13.1 Å². The molecule has 2 aromatic rings. The molecule has 1 fully saturated rings. The van der Waals surface area contributed by atoms with Crippen LogP contribution in [-0.4, -0.2) is 44.9 Å². The van der Waals surface area contributed by atoms with Crippen LogP contribution in [0.3, 0.4) is 0 Å². The SMILES string of the molecule is Cc1nc2ccc(C(=O)N3CCC(C(=O)O)CC3)cc2[nH]1. The minimum atomic E-state index is -0.767. The molecule has 1 saturated heterocycles. The fourth-order valence-electron chi connectivity index (χ4n) is 2.78. The third kappa shape index (κ3) is 2.61. The Balaban J connectivity index is 1.76. The van der Waals surface area contributed by atoms with Crippen molar-refractivity contribution < 1.29 is 14.7 Å². The van der Waals surface area contributed by atoms with Crippen molar-refractivity contribution in [3.8, 4) is 0 Å². The molecule has 6 heteroatoms. The molecule has 1 amide bonds. The van der Waals surface area contributed by atoms with Crippen LogP contribution in [0.15, 0.2) is 18.2 Å². The van der Waals surface area contributed by atoms with E-state index in [4.69, 9.17) is 5.11 Å². The predicted octanol–water partition coefficient (Wildman–Crippen LogP) is 1.81. The maximum Gasteiger partial charge on any atom is 0.306 e. The molecule has 21 heavy (non-hydrogen) atoms. The molecular weight excluding hydrogens is 270 g/mol. The maximum atomic E-state index is 12.5. The number of aromatic amines is 1. The predicted molar refractivity (Wildman–Crippen MR) is 77.1 cm³/mol. The van der Waals surface area contributed by atoms with Gasteiger partial charge in [0.05, 0.1) is 17.0 Å². The van der Waals surface area contributed by atoms with Crippen LogP contribution < -0.4 is 0 Å². The van der Waals surface area contributed by atoms with Crippen LogP contribution in [0.5, 0.6) is 0 Å². The van der Waals surface area contributed by atoms with E-state index in [0.717, 1.165) is 16.9 Å². The topological polar surface area (TPSA) is 86.3 Å². The molecule has 2 heterocycles. The van der Waals surface area contributed by atoms with E-state index in [9.17, 15) is 9.59 Å². The van der Waals surface area contributed by atoms with Crippen molar-refractivity contribution in [1.82, 2.24) is 14.9 Å². The lowest BCUT2D eigenvalue weighted by Crippen LogP contribution is -2.40. The molecule has 3 rings (SSSR count). The van der Waals surface area contributed by atoms with Gasteiger partial charge in [-0.25, -0.2) is 4.98 Å². The highest BCUT2D eigenvalue weighted by Crippen LogP contribution is 2.20. The second kappa shape index (κ2) is 5.20. The summed E-state index contributed by atoms with van der Waals surface area (Å²) in [6, 6.07) is 5.41. The minimum absolute atomic E-state index is 0.0482. The zero-order valence-corrected chi connectivity index (χ0v) is 11.8. The van der Waals surface area contributed by atoms with Gasteiger partial charge in [-0.1, -0.05) is 0 Å². The molecule has 0 radical (unpaired) electrons. The maximum absolute atomic E-state index is 12.5. The Morgan fingerprint density at radius 2 is 2.05 bits per heavy atom. The third-order valence-electron chi connectivity index (χ3n) is 3.98. The number of carbonyl (C=O) groups excluding carboxylic acids is 1. The van der Waals surface area contributed by atoms with Gasteiger partial charge in [-0.15, -0.1) is 0 Å². The Labute approximate surface area is 121 Å². The zero-order valence-electron chi connectivity index (χ0n) is 11.8. The number of carbonyl (C=O) groups is 2. The number of benzene rings is 1. The van der Waals surface area contributed by atoms with Gasteiger partial charge < -0.3 is 15.0 Å². The average Bonchev–Trinajstić information content (AvgIpc) is 2.85. The first-order valence-electron chi connectivity index (χ1n) is 7.03. The van der Waals surface area contributed by atoms with Gasteiger partial charge in [0.1, 0.15) is 5.82 Å². The number of aliphatic carboxylic acids is 1. The number of piperidine rings is 1. The molecule has 6 nitrogen and oxygen atoms in total. The summed E-state index contributed by atoms with van der Waals surface area (Å²) in [5.41, 5.74) is 2.30. The second-order valence-corrected chi connectivity index (χ2v) is 5.46. The summed E-state index contributed by atoms with van der Waals surface area (Å²) in [5.74, 6) is -0.326. The van der Waals surface area contributed by atoms with Crippen molar-refractivity contribution in [2.45, 2.75) is 19.8 Å². The number of fused-ring (bicyclic) bond motifs is 1. The van der Waals surface area contributed by atoms with Gasteiger partial charge in [-0.05, 0) is 38.0 Å². The molecule has 1 aliphatic heterocycles. The summed E-state index contributed by atoms with van der Waals surface area (Å²) in [6.07, 6.45) is 1.04. The van der Waals surface area contributed by atoms with Gasteiger partial charge >= 0.3 is 5.97 Å². The van der Waals surface area contributed by atoms with Crippen molar-refractivity contribution in [3.05, 3.63) is 29.6 Å². The van der Waals surface area contributed by atoms with Crippen LogP contribution in [0, 0.1) is 12.8 Å². The fraction of sp³-hybridized carbons (Fsp3) is 0.400. The Hall–Kier alpha value is -2.37.